The number of nitrogens with one attached hydrogen (secondary N) is 1. The van der Waals surface area contributed by atoms with Crippen LogP contribution in [0.2, 0.25) is 0 Å². The van der Waals surface area contributed by atoms with Crippen molar-refractivity contribution in [1.29, 1.82) is 0 Å². The number of nitrogens with zero attached hydrogens (tertiary/aromatic N) is 2. The van der Waals surface area contributed by atoms with E-state index < -0.39 is 0 Å². The summed E-state index contributed by atoms with van der Waals surface area (Å²) in [4.78, 5) is 11.9. The third kappa shape index (κ3) is 2.09. The smallest absolute Gasteiger partial charge is 0.238 e. The molecule has 4 heteroatoms. The summed E-state index contributed by atoms with van der Waals surface area (Å²) in [5.74, 6) is 1.01. The molecule has 0 aromatic heterocycles. The lowest BCUT2D eigenvalue weighted by Gasteiger charge is -2.33. The SMILES string of the molecule is O=C1CCN(C2CC2)N1CC1CCCNC1. The van der Waals surface area contributed by atoms with Crippen molar-refractivity contribution >= 4 is 5.91 Å². The fourth-order valence-electron chi connectivity index (χ4n) is 2.89. The molecule has 16 heavy (non-hydrogen) atoms. The minimum absolute atomic E-state index is 0.345. The summed E-state index contributed by atoms with van der Waals surface area (Å²) in [6.07, 6.45) is 5.83. The van der Waals surface area contributed by atoms with Crippen molar-refractivity contribution in [1.82, 2.24) is 15.3 Å². The second kappa shape index (κ2) is 4.34. The number of amides is 1. The molecule has 2 saturated heterocycles. The number of hydrogen-bond donors (Lipinski definition) is 1. The Balaban J connectivity index is 1.60. The van der Waals surface area contributed by atoms with Crippen molar-refractivity contribution in [2.24, 2.45) is 5.92 Å². The second-order valence-electron chi connectivity index (χ2n) is 5.33. The van der Waals surface area contributed by atoms with Crippen LogP contribution in [0.5, 0.6) is 0 Å². The zero-order valence-electron chi connectivity index (χ0n) is 9.82. The van der Waals surface area contributed by atoms with Crippen LogP contribution in [0, 0.1) is 5.92 Å². The fraction of sp³-hybridized carbons (Fsp3) is 0.917. The molecule has 1 aliphatic carbocycles. The minimum atomic E-state index is 0.345. The van der Waals surface area contributed by atoms with Crippen molar-refractivity contribution in [2.75, 3.05) is 26.2 Å². The van der Waals surface area contributed by atoms with Crippen LogP contribution in [0.4, 0.5) is 0 Å². The van der Waals surface area contributed by atoms with Crippen LogP contribution in [0.3, 0.4) is 0 Å². The van der Waals surface area contributed by atoms with Gasteiger partial charge in [-0.25, -0.2) is 5.01 Å². The molecule has 3 rings (SSSR count). The Bertz CT molecular complexity index is 271. The molecule has 4 nitrogen and oxygen atoms in total. The van der Waals surface area contributed by atoms with Crippen molar-refractivity contribution in [3.63, 3.8) is 0 Å². The van der Waals surface area contributed by atoms with E-state index in [2.05, 4.69) is 15.3 Å². The van der Waals surface area contributed by atoms with Gasteiger partial charge in [0.1, 0.15) is 0 Å². The molecular weight excluding hydrogens is 202 g/mol. The van der Waals surface area contributed by atoms with E-state index in [1.807, 2.05) is 0 Å². The number of carbonyl (C=O) groups excluding carboxylic acids is 1. The van der Waals surface area contributed by atoms with E-state index in [-0.39, 0.29) is 0 Å². The van der Waals surface area contributed by atoms with Crippen molar-refractivity contribution in [2.45, 2.75) is 38.1 Å². The third-order valence-electron chi connectivity index (χ3n) is 3.95. The summed E-state index contributed by atoms with van der Waals surface area (Å²) in [5, 5.41) is 7.81. The van der Waals surface area contributed by atoms with E-state index in [0.29, 0.717) is 17.9 Å². The number of hydrazine groups is 1. The zero-order valence-corrected chi connectivity index (χ0v) is 9.82. The molecule has 3 fully saturated rings. The summed E-state index contributed by atoms with van der Waals surface area (Å²) < 4.78 is 0. The molecule has 1 atom stereocenters. The average Bonchev–Trinajstić information content (AvgIpc) is 3.08. The van der Waals surface area contributed by atoms with Gasteiger partial charge in [0.15, 0.2) is 0 Å². The lowest BCUT2D eigenvalue weighted by molar-refractivity contribution is -0.140. The van der Waals surface area contributed by atoms with E-state index in [9.17, 15) is 4.79 Å². The highest BCUT2D eigenvalue weighted by Crippen LogP contribution is 2.32. The summed E-state index contributed by atoms with van der Waals surface area (Å²) in [7, 11) is 0. The maximum absolute atomic E-state index is 11.9. The normalized spacial score (nSPS) is 32.4. The number of piperidine rings is 1. The first-order valence-electron chi connectivity index (χ1n) is 6.62. The predicted octanol–water partition coefficient (Wildman–Crippen LogP) is 0.598. The first-order chi connectivity index (χ1) is 7.84. The Morgan fingerprint density at radius 2 is 2.19 bits per heavy atom. The van der Waals surface area contributed by atoms with Gasteiger partial charge in [-0.1, -0.05) is 0 Å². The fourth-order valence-corrected chi connectivity index (χ4v) is 2.89. The Kier molecular flexibility index (Phi) is 2.86. The zero-order chi connectivity index (χ0) is 11.0. The molecule has 1 unspecified atom stereocenters. The van der Waals surface area contributed by atoms with E-state index in [1.54, 1.807) is 0 Å². The first-order valence-corrected chi connectivity index (χ1v) is 6.62. The van der Waals surface area contributed by atoms with Gasteiger partial charge in [0.05, 0.1) is 0 Å². The van der Waals surface area contributed by atoms with Crippen LogP contribution in [-0.4, -0.2) is 48.1 Å². The molecule has 90 valence electrons. The molecule has 3 aliphatic rings. The summed E-state index contributed by atoms with van der Waals surface area (Å²) in [6, 6.07) is 0.683. The van der Waals surface area contributed by atoms with E-state index >= 15 is 0 Å². The van der Waals surface area contributed by atoms with Crippen molar-refractivity contribution < 1.29 is 4.79 Å². The van der Waals surface area contributed by atoms with Crippen LogP contribution in [0.15, 0.2) is 0 Å². The highest BCUT2D eigenvalue weighted by Gasteiger charge is 2.40. The average molecular weight is 223 g/mol. The topological polar surface area (TPSA) is 35.6 Å². The Hall–Kier alpha value is -0.610. The molecule has 2 heterocycles. The lowest BCUT2D eigenvalue weighted by Crippen LogP contribution is -2.46. The maximum Gasteiger partial charge on any atom is 0.238 e. The largest absolute Gasteiger partial charge is 0.316 e. The van der Waals surface area contributed by atoms with Crippen LogP contribution >= 0.6 is 0 Å². The van der Waals surface area contributed by atoms with Crippen LogP contribution in [-0.2, 0) is 4.79 Å². The molecule has 2 aliphatic heterocycles. The number of carbonyl (C=O) groups is 1. The van der Waals surface area contributed by atoms with Gasteiger partial charge in [-0.05, 0) is 44.7 Å². The Morgan fingerprint density at radius 1 is 1.31 bits per heavy atom. The Labute approximate surface area is 96.9 Å². The monoisotopic (exact) mass is 223 g/mol. The Morgan fingerprint density at radius 3 is 2.88 bits per heavy atom. The van der Waals surface area contributed by atoms with Gasteiger partial charge in [0.2, 0.25) is 5.91 Å². The lowest BCUT2D eigenvalue weighted by atomic mass is 9.99. The highest BCUT2D eigenvalue weighted by atomic mass is 16.2. The van der Waals surface area contributed by atoms with E-state index in [1.165, 1.54) is 25.7 Å². The molecule has 0 bridgehead atoms. The van der Waals surface area contributed by atoms with Crippen molar-refractivity contribution in [3.05, 3.63) is 0 Å². The number of rotatable bonds is 3. The van der Waals surface area contributed by atoms with Gasteiger partial charge >= 0.3 is 0 Å². The molecular formula is C12H21N3O. The highest BCUT2D eigenvalue weighted by molar-refractivity contribution is 5.77. The van der Waals surface area contributed by atoms with Crippen LogP contribution in [0.1, 0.15) is 32.1 Å². The molecule has 0 radical (unpaired) electrons. The van der Waals surface area contributed by atoms with Gasteiger partial charge in [-0.2, -0.15) is 0 Å². The summed E-state index contributed by atoms with van der Waals surface area (Å²) in [5.41, 5.74) is 0. The summed E-state index contributed by atoms with van der Waals surface area (Å²) in [6.45, 7) is 4.14. The first kappa shape index (κ1) is 10.5. The second-order valence-corrected chi connectivity index (χ2v) is 5.33. The molecule has 1 amide bonds. The number of hydrogen-bond acceptors (Lipinski definition) is 3. The molecule has 0 spiro atoms. The van der Waals surface area contributed by atoms with Gasteiger partial charge in [-0.3, -0.25) is 9.80 Å². The van der Waals surface area contributed by atoms with Crippen LogP contribution < -0.4 is 5.32 Å². The van der Waals surface area contributed by atoms with Gasteiger partial charge in [-0.15, -0.1) is 0 Å². The van der Waals surface area contributed by atoms with Gasteiger partial charge in [0.25, 0.3) is 0 Å². The predicted molar refractivity (Wildman–Crippen MR) is 61.7 cm³/mol. The molecule has 1 saturated carbocycles. The minimum Gasteiger partial charge on any atom is -0.316 e. The maximum atomic E-state index is 11.9. The van der Waals surface area contributed by atoms with Crippen molar-refractivity contribution in [3.8, 4) is 0 Å². The summed E-state index contributed by atoms with van der Waals surface area (Å²) >= 11 is 0. The van der Waals surface area contributed by atoms with E-state index in [0.717, 1.165) is 32.6 Å². The standard InChI is InChI=1S/C12H21N3O/c16-12-5-7-14(11-3-4-11)15(12)9-10-2-1-6-13-8-10/h10-11,13H,1-9H2. The molecule has 0 aromatic rings. The molecule has 1 N–H and O–H groups in total. The van der Waals surface area contributed by atoms with Crippen LogP contribution in [0.25, 0.3) is 0 Å². The quantitative estimate of drug-likeness (QED) is 0.761. The van der Waals surface area contributed by atoms with E-state index in [4.69, 9.17) is 0 Å². The third-order valence-corrected chi connectivity index (χ3v) is 3.95. The van der Waals surface area contributed by atoms with Gasteiger partial charge in [0, 0.05) is 25.6 Å². The van der Waals surface area contributed by atoms with Gasteiger partial charge < -0.3 is 5.32 Å². The molecule has 0 aromatic carbocycles.